The van der Waals surface area contributed by atoms with Crippen molar-refractivity contribution >= 4 is 0 Å². The molecule has 1 N–H and O–H groups in total. The third-order valence-electron chi connectivity index (χ3n) is 2.48. The maximum atomic E-state index is 8.57. The first-order valence-electron chi connectivity index (χ1n) is 5.19. The van der Waals surface area contributed by atoms with E-state index in [0.29, 0.717) is 12.6 Å². The Morgan fingerprint density at radius 2 is 2.46 bits per heavy atom. The smallest absolute Gasteiger partial charge is 0.0866 e. The zero-order valence-electron chi connectivity index (χ0n) is 8.42. The fourth-order valence-corrected chi connectivity index (χ4v) is 1.81. The lowest BCUT2D eigenvalue weighted by Gasteiger charge is -2.31. The molecule has 1 atom stereocenters. The predicted octanol–water partition coefficient (Wildman–Crippen LogP) is 0.974. The number of nitriles is 1. The van der Waals surface area contributed by atoms with E-state index in [1.807, 2.05) is 0 Å². The van der Waals surface area contributed by atoms with Gasteiger partial charge >= 0.3 is 0 Å². The fourth-order valence-electron chi connectivity index (χ4n) is 1.81. The second-order valence-corrected chi connectivity index (χ2v) is 3.69. The van der Waals surface area contributed by atoms with Crippen molar-refractivity contribution in [2.45, 2.75) is 32.2 Å². The SMILES string of the molecule is CCCNC1CCCN(CC#N)C1. The highest BCUT2D eigenvalue weighted by atomic mass is 15.2. The van der Waals surface area contributed by atoms with Gasteiger partial charge in [0.2, 0.25) is 0 Å². The summed E-state index contributed by atoms with van der Waals surface area (Å²) < 4.78 is 0. The maximum absolute atomic E-state index is 8.57. The van der Waals surface area contributed by atoms with Crippen LogP contribution in [0.5, 0.6) is 0 Å². The molecule has 0 aromatic heterocycles. The van der Waals surface area contributed by atoms with Gasteiger partial charge in [-0.1, -0.05) is 6.92 Å². The molecule has 0 aromatic rings. The third kappa shape index (κ3) is 3.75. The summed E-state index contributed by atoms with van der Waals surface area (Å²) in [4.78, 5) is 2.23. The van der Waals surface area contributed by atoms with Gasteiger partial charge in [0.1, 0.15) is 0 Å². The summed E-state index contributed by atoms with van der Waals surface area (Å²) in [5.41, 5.74) is 0. The molecule has 1 unspecified atom stereocenters. The van der Waals surface area contributed by atoms with Crippen molar-refractivity contribution < 1.29 is 0 Å². The Morgan fingerprint density at radius 3 is 3.15 bits per heavy atom. The lowest BCUT2D eigenvalue weighted by atomic mass is 10.1. The molecule has 0 amide bonds. The molecule has 74 valence electrons. The van der Waals surface area contributed by atoms with Gasteiger partial charge < -0.3 is 5.32 Å². The van der Waals surface area contributed by atoms with E-state index in [0.717, 1.165) is 19.6 Å². The third-order valence-corrected chi connectivity index (χ3v) is 2.48. The molecule has 1 aliphatic heterocycles. The minimum atomic E-state index is 0.588. The standard InChI is InChI=1S/C10H19N3/c1-2-6-12-10-4-3-7-13(9-10)8-5-11/h10,12H,2-4,6-9H2,1H3. The lowest BCUT2D eigenvalue weighted by Crippen LogP contribution is -2.45. The second kappa shape index (κ2) is 5.95. The number of rotatable bonds is 4. The van der Waals surface area contributed by atoms with Crippen molar-refractivity contribution in [3.05, 3.63) is 0 Å². The second-order valence-electron chi connectivity index (χ2n) is 3.69. The molecule has 1 saturated heterocycles. The first-order valence-corrected chi connectivity index (χ1v) is 5.19. The summed E-state index contributed by atoms with van der Waals surface area (Å²) in [6, 6.07) is 2.83. The Bertz CT molecular complexity index is 173. The average Bonchev–Trinajstić information content (AvgIpc) is 2.16. The van der Waals surface area contributed by atoms with E-state index in [4.69, 9.17) is 5.26 Å². The zero-order chi connectivity index (χ0) is 9.52. The van der Waals surface area contributed by atoms with E-state index in [1.54, 1.807) is 0 Å². The summed E-state index contributed by atoms with van der Waals surface area (Å²) in [7, 11) is 0. The van der Waals surface area contributed by atoms with Crippen LogP contribution in [0.25, 0.3) is 0 Å². The van der Waals surface area contributed by atoms with Crippen molar-refractivity contribution in [3.63, 3.8) is 0 Å². The monoisotopic (exact) mass is 181 g/mol. The summed E-state index contributed by atoms with van der Waals surface area (Å²) in [6.45, 7) is 6.02. The van der Waals surface area contributed by atoms with Crippen LogP contribution in [0.3, 0.4) is 0 Å². The van der Waals surface area contributed by atoms with Gasteiger partial charge in [0.15, 0.2) is 0 Å². The van der Waals surface area contributed by atoms with Crippen molar-refractivity contribution in [2.75, 3.05) is 26.2 Å². The highest BCUT2D eigenvalue weighted by Gasteiger charge is 2.18. The molecule has 0 bridgehead atoms. The first kappa shape index (κ1) is 10.5. The van der Waals surface area contributed by atoms with Gasteiger partial charge in [-0.25, -0.2) is 0 Å². The Hall–Kier alpha value is -0.590. The van der Waals surface area contributed by atoms with Gasteiger partial charge in [-0.15, -0.1) is 0 Å². The van der Waals surface area contributed by atoms with E-state index >= 15 is 0 Å². The van der Waals surface area contributed by atoms with Crippen LogP contribution in [0.4, 0.5) is 0 Å². The zero-order valence-corrected chi connectivity index (χ0v) is 8.42. The minimum absolute atomic E-state index is 0.588. The quantitative estimate of drug-likeness (QED) is 0.657. The predicted molar refractivity (Wildman–Crippen MR) is 53.4 cm³/mol. The van der Waals surface area contributed by atoms with Crippen LogP contribution in [0, 0.1) is 11.3 Å². The van der Waals surface area contributed by atoms with Crippen molar-refractivity contribution in [1.82, 2.24) is 10.2 Å². The molecule has 0 aliphatic carbocycles. The Morgan fingerprint density at radius 1 is 1.62 bits per heavy atom. The minimum Gasteiger partial charge on any atom is -0.313 e. The van der Waals surface area contributed by atoms with Gasteiger partial charge in [0, 0.05) is 12.6 Å². The molecule has 0 aromatic carbocycles. The molecule has 1 heterocycles. The molecule has 3 heteroatoms. The van der Waals surface area contributed by atoms with Crippen molar-refractivity contribution in [3.8, 4) is 6.07 Å². The fraction of sp³-hybridized carbons (Fsp3) is 0.900. The molecule has 0 saturated carbocycles. The molecule has 0 spiro atoms. The van der Waals surface area contributed by atoms with Crippen LogP contribution in [0.2, 0.25) is 0 Å². The van der Waals surface area contributed by atoms with E-state index in [2.05, 4.69) is 23.2 Å². The molecule has 1 fully saturated rings. The van der Waals surface area contributed by atoms with Gasteiger partial charge in [0.25, 0.3) is 0 Å². The molecule has 3 nitrogen and oxygen atoms in total. The normalized spacial score (nSPS) is 24.2. The Kier molecular flexibility index (Phi) is 4.81. The van der Waals surface area contributed by atoms with Crippen LogP contribution >= 0.6 is 0 Å². The molecule has 1 rings (SSSR count). The Labute approximate surface area is 80.7 Å². The number of hydrogen-bond donors (Lipinski definition) is 1. The summed E-state index contributed by atoms with van der Waals surface area (Å²) in [5, 5.41) is 12.1. The number of nitrogens with zero attached hydrogens (tertiary/aromatic N) is 2. The number of piperidine rings is 1. The van der Waals surface area contributed by atoms with Gasteiger partial charge in [-0.05, 0) is 32.4 Å². The number of likely N-dealkylation sites (tertiary alicyclic amines) is 1. The molecule has 13 heavy (non-hydrogen) atoms. The highest BCUT2D eigenvalue weighted by Crippen LogP contribution is 2.09. The first-order chi connectivity index (χ1) is 6.36. The van der Waals surface area contributed by atoms with Crippen molar-refractivity contribution in [2.24, 2.45) is 0 Å². The molecular weight excluding hydrogens is 162 g/mol. The molecular formula is C10H19N3. The van der Waals surface area contributed by atoms with Crippen LogP contribution < -0.4 is 5.32 Å². The Balaban J connectivity index is 2.21. The lowest BCUT2D eigenvalue weighted by molar-refractivity contribution is 0.210. The summed E-state index contributed by atoms with van der Waals surface area (Å²) >= 11 is 0. The van der Waals surface area contributed by atoms with E-state index in [1.165, 1.54) is 19.3 Å². The van der Waals surface area contributed by atoms with E-state index in [-0.39, 0.29) is 0 Å². The summed E-state index contributed by atoms with van der Waals surface area (Å²) in [6.07, 6.45) is 3.68. The van der Waals surface area contributed by atoms with Crippen LogP contribution in [0.1, 0.15) is 26.2 Å². The number of nitrogens with one attached hydrogen (secondary N) is 1. The van der Waals surface area contributed by atoms with Crippen LogP contribution in [0.15, 0.2) is 0 Å². The van der Waals surface area contributed by atoms with Gasteiger partial charge in [0.05, 0.1) is 12.6 Å². The van der Waals surface area contributed by atoms with Crippen molar-refractivity contribution in [1.29, 1.82) is 5.26 Å². The average molecular weight is 181 g/mol. The summed E-state index contributed by atoms with van der Waals surface area (Å²) in [5.74, 6) is 0. The van der Waals surface area contributed by atoms with Crippen LogP contribution in [-0.2, 0) is 0 Å². The maximum Gasteiger partial charge on any atom is 0.0866 e. The topological polar surface area (TPSA) is 39.1 Å². The van der Waals surface area contributed by atoms with Gasteiger partial charge in [-0.2, -0.15) is 5.26 Å². The van der Waals surface area contributed by atoms with E-state index in [9.17, 15) is 0 Å². The van der Waals surface area contributed by atoms with E-state index < -0.39 is 0 Å². The molecule has 1 aliphatic rings. The highest BCUT2D eigenvalue weighted by molar-refractivity contribution is 4.83. The van der Waals surface area contributed by atoms with Crippen LogP contribution in [-0.4, -0.2) is 37.1 Å². The largest absolute Gasteiger partial charge is 0.313 e. The van der Waals surface area contributed by atoms with Gasteiger partial charge in [-0.3, -0.25) is 4.90 Å². The molecule has 0 radical (unpaired) electrons. The number of hydrogen-bond acceptors (Lipinski definition) is 3.